The quantitative estimate of drug-likeness (QED) is 0.239. The molecule has 0 aliphatic rings. The monoisotopic (exact) mass is 496 g/mol. The van der Waals surface area contributed by atoms with E-state index in [0.29, 0.717) is 33.5 Å². The number of ether oxygens (including phenoxy) is 3. The Morgan fingerprint density at radius 3 is 2.63 bits per heavy atom. The number of carbonyl (C=O) groups is 2. The summed E-state index contributed by atoms with van der Waals surface area (Å²) in [5.41, 5.74) is 2.00. The molecule has 3 aromatic rings. The largest absolute Gasteiger partial charge is 0.497 e. The number of amides is 1. The molecule has 35 heavy (non-hydrogen) atoms. The molecule has 1 aromatic carbocycles. The van der Waals surface area contributed by atoms with Gasteiger partial charge in [-0.25, -0.2) is 9.97 Å². The zero-order valence-electron chi connectivity index (χ0n) is 20.1. The fourth-order valence-corrected chi connectivity index (χ4v) is 4.00. The van der Waals surface area contributed by atoms with E-state index in [1.807, 2.05) is 31.1 Å². The SMILES string of the molecule is COc1ccc(CSc2ncccc2C(=O)Nc2ccnc(N(C)C)c2)c(OCCOC(C)=O)c1. The molecule has 0 atom stereocenters. The molecule has 0 spiro atoms. The van der Waals surface area contributed by atoms with Crippen molar-refractivity contribution in [1.82, 2.24) is 9.97 Å². The molecule has 1 N–H and O–H groups in total. The van der Waals surface area contributed by atoms with Crippen molar-refractivity contribution in [2.45, 2.75) is 17.7 Å². The molecule has 10 heteroatoms. The van der Waals surface area contributed by atoms with Gasteiger partial charge in [0.15, 0.2) is 0 Å². The first-order valence-electron chi connectivity index (χ1n) is 10.8. The molecular formula is C25H28N4O5S. The van der Waals surface area contributed by atoms with Gasteiger partial charge >= 0.3 is 5.97 Å². The molecule has 0 aliphatic heterocycles. The van der Waals surface area contributed by atoms with Crippen molar-refractivity contribution in [1.29, 1.82) is 0 Å². The fraction of sp³-hybridized carbons (Fsp3) is 0.280. The Morgan fingerprint density at radius 1 is 1.06 bits per heavy atom. The Balaban J connectivity index is 1.72. The number of rotatable bonds is 11. The third-order valence-corrected chi connectivity index (χ3v) is 5.82. The maximum absolute atomic E-state index is 13.0. The molecule has 1 amide bonds. The van der Waals surface area contributed by atoms with E-state index in [9.17, 15) is 9.59 Å². The molecule has 2 aromatic heterocycles. The highest BCUT2D eigenvalue weighted by Gasteiger charge is 2.15. The van der Waals surface area contributed by atoms with Crippen LogP contribution in [0.25, 0.3) is 0 Å². The normalized spacial score (nSPS) is 10.4. The molecule has 9 nitrogen and oxygen atoms in total. The van der Waals surface area contributed by atoms with Crippen LogP contribution in [-0.2, 0) is 15.3 Å². The lowest BCUT2D eigenvalue weighted by molar-refractivity contribution is -0.141. The first kappa shape index (κ1) is 25.8. The molecule has 0 unspecified atom stereocenters. The Labute approximate surface area is 208 Å². The lowest BCUT2D eigenvalue weighted by Gasteiger charge is -2.14. The van der Waals surface area contributed by atoms with Crippen molar-refractivity contribution >= 4 is 35.1 Å². The predicted molar refractivity (Wildman–Crippen MR) is 135 cm³/mol. The molecule has 0 fully saturated rings. The van der Waals surface area contributed by atoms with E-state index in [1.165, 1.54) is 18.7 Å². The Hall–Kier alpha value is -3.79. The molecular weight excluding hydrogens is 468 g/mol. The van der Waals surface area contributed by atoms with Gasteiger partial charge in [0, 0.05) is 62.5 Å². The van der Waals surface area contributed by atoms with Gasteiger partial charge in [0.25, 0.3) is 5.91 Å². The fourth-order valence-electron chi connectivity index (χ4n) is 3.02. The van der Waals surface area contributed by atoms with Crippen LogP contribution >= 0.6 is 11.8 Å². The summed E-state index contributed by atoms with van der Waals surface area (Å²) in [7, 11) is 5.35. The number of hydrogen-bond acceptors (Lipinski definition) is 9. The van der Waals surface area contributed by atoms with Gasteiger partial charge < -0.3 is 24.4 Å². The maximum atomic E-state index is 13.0. The van der Waals surface area contributed by atoms with E-state index in [1.54, 1.807) is 49.8 Å². The number of carbonyl (C=O) groups excluding carboxylic acids is 2. The first-order valence-corrected chi connectivity index (χ1v) is 11.8. The smallest absolute Gasteiger partial charge is 0.302 e. The van der Waals surface area contributed by atoms with Crippen LogP contribution in [0, 0.1) is 0 Å². The first-order chi connectivity index (χ1) is 16.9. The third-order valence-electron chi connectivity index (χ3n) is 4.76. The minimum atomic E-state index is -0.360. The average Bonchev–Trinajstić information content (AvgIpc) is 2.85. The van der Waals surface area contributed by atoms with Gasteiger partial charge in [-0.15, -0.1) is 11.8 Å². The second-order valence-electron chi connectivity index (χ2n) is 7.56. The number of esters is 1. The highest BCUT2D eigenvalue weighted by Crippen LogP contribution is 2.32. The molecule has 184 valence electrons. The maximum Gasteiger partial charge on any atom is 0.302 e. The van der Waals surface area contributed by atoms with E-state index >= 15 is 0 Å². The summed E-state index contributed by atoms with van der Waals surface area (Å²) in [5.74, 6) is 1.88. The summed E-state index contributed by atoms with van der Waals surface area (Å²) >= 11 is 1.42. The lowest BCUT2D eigenvalue weighted by Crippen LogP contribution is -2.15. The minimum absolute atomic E-state index is 0.147. The van der Waals surface area contributed by atoms with Gasteiger partial charge in [0.2, 0.25) is 0 Å². The van der Waals surface area contributed by atoms with Gasteiger partial charge in [-0.2, -0.15) is 0 Å². The molecule has 0 bridgehead atoms. The minimum Gasteiger partial charge on any atom is -0.497 e. The van der Waals surface area contributed by atoms with Crippen LogP contribution in [0.5, 0.6) is 11.5 Å². The standard InChI is InChI=1S/C25H28N4O5S/c1-17(30)33-12-13-34-22-15-20(32-4)8-7-18(22)16-35-25-21(6-5-10-27-25)24(31)28-19-9-11-26-23(14-19)29(2)3/h5-11,14-15H,12-13,16H2,1-4H3,(H,26,28,31). The van der Waals surface area contributed by atoms with Crippen LogP contribution in [-0.4, -0.2) is 56.3 Å². The average molecular weight is 497 g/mol. The van der Waals surface area contributed by atoms with Crippen molar-refractivity contribution in [3.05, 3.63) is 66.0 Å². The van der Waals surface area contributed by atoms with Gasteiger partial charge in [0.05, 0.1) is 12.7 Å². The van der Waals surface area contributed by atoms with Gasteiger partial charge in [-0.3, -0.25) is 9.59 Å². The number of nitrogens with one attached hydrogen (secondary N) is 1. The number of anilines is 2. The number of hydrogen-bond donors (Lipinski definition) is 1. The molecule has 0 aliphatic carbocycles. The predicted octanol–water partition coefficient (Wildman–Crippen LogP) is 4.04. The van der Waals surface area contributed by atoms with Gasteiger partial charge in [-0.05, 0) is 24.3 Å². The molecule has 0 saturated heterocycles. The zero-order valence-corrected chi connectivity index (χ0v) is 20.9. The highest BCUT2D eigenvalue weighted by atomic mass is 32.2. The third kappa shape index (κ3) is 7.61. The number of benzene rings is 1. The van der Waals surface area contributed by atoms with E-state index in [4.69, 9.17) is 14.2 Å². The molecule has 0 saturated carbocycles. The summed E-state index contributed by atoms with van der Waals surface area (Å²) in [5, 5.41) is 3.51. The van der Waals surface area contributed by atoms with E-state index in [-0.39, 0.29) is 25.1 Å². The van der Waals surface area contributed by atoms with E-state index < -0.39 is 0 Å². The van der Waals surface area contributed by atoms with Crippen molar-refractivity contribution in [3.8, 4) is 11.5 Å². The van der Waals surface area contributed by atoms with Crippen LogP contribution in [0.4, 0.5) is 11.5 Å². The molecule has 2 heterocycles. The number of nitrogens with zero attached hydrogens (tertiary/aromatic N) is 3. The summed E-state index contributed by atoms with van der Waals surface area (Å²) < 4.78 is 16.1. The molecule has 0 radical (unpaired) electrons. The topological polar surface area (TPSA) is 103 Å². The summed E-state index contributed by atoms with van der Waals surface area (Å²) in [6.07, 6.45) is 3.30. The second-order valence-corrected chi connectivity index (χ2v) is 8.52. The Morgan fingerprint density at radius 2 is 1.89 bits per heavy atom. The number of thioether (sulfide) groups is 1. The second kappa shape index (κ2) is 12.6. The molecule has 3 rings (SSSR count). The van der Waals surface area contributed by atoms with Crippen LogP contribution in [0.15, 0.2) is 59.9 Å². The van der Waals surface area contributed by atoms with E-state index in [2.05, 4.69) is 15.3 Å². The number of methoxy groups -OCH3 is 1. The summed E-state index contributed by atoms with van der Waals surface area (Å²) in [6.45, 7) is 1.71. The van der Waals surface area contributed by atoms with Gasteiger partial charge in [-0.1, -0.05) is 6.07 Å². The highest BCUT2D eigenvalue weighted by molar-refractivity contribution is 7.98. The van der Waals surface area contributed by atoms with Crippen LogP contribution < -0.4 is 19.7 Å². The van der Waals surface area contributed by atoms with Crippen LogP contribution in [0.2, 0.25) is 0 Å². The van der Waals surface area contributed by atoms with Crippen molar-refractivity contribution in [3.63, 3.8) is 0 Å². The number of aromatic nitrogens is 2. The van der Waals surface area contributed by atoms with Crippen molar-refractivity contribution in [2.24, 2.45) is 0 Å². The summed E-state index contributed by atoms with van der Waals surface area (Å²) in [6, 6.07) is 12.5. The van der Waals surface area contributed by atoms with Crippen molar-refractivity contribution in [2.75, 3.05) is 44.6 Å². The van der Waals surface area contributed by atoms with Crippen molar-refractivity contribution < 1.29 is 23.8 Å². The Kier molecular flexibility index (Phi) is 9.31. The summed E-state index contributed by atoms with van der Waals surface area (Å²) in [4.78, 5) is 34.6. The van der Waals surface area contributed by atoms with Gasteiger partial charge in [0.1, 0.15) is 35.6 Å². The lowest BCUT2D eigenvalue weighted by atomic mass is 10.2. The van der Waals surface area contributed by atoms with E-state index in [0.717, 1.165) is 11.4 Å². The van der Waals surface area contributed by atoms with Crippen LogP contribution in [0.1, 0.15) is 22.8 Å². The number of pyridine rings is 2. The Bertz CT molecular complexity index is 1170. The van der Waals surface area contributed by atoms with Crippen LogP contribution in [0.3, 0.4) is 0 Å². The zero-order chi connectivity index (χ0) is 25.2.